The van der Waals surface area contributed by atoms with Crippen LogP contribution in [0.2, 0.25) is 25.7 Å². The lowest BCUT2D eigenvalue weighted by Crippen LogP contribution is -2.37. The van der Waals surface area contributed by atoms with Gasteiger partial charge in [-0.2, -0.15) is 5.10 Å². The van der Waals surface area contributed by atoms with Crippen LogP contribution in [-0.4, -0.2) is 72.9 Å². The van der Waals surface area contributed by atoms with Crippen molar-refractivity contribution in [3.63, 3.8) is 0 Å². The molecule has 1 aromatic carbocycles. The summed E-state index contributed by atoms with van der Waals surface area (Å²) in [6, 6.07) is 9.22. The van der Waals surface area contributed by atoms with Gasteiger partial charge in [0.2, 0.25) is 0 Å². The molecule has 1 saturated heterocycles. The molecule has 10 heteroatoms. The predicted octanol–water partition coefficient (Wildman–Crippen LogP) is 5.85. The number of benzene rings is 1. The molecule has 0 unspecified atom stereocenters. The van der Waals surface area contributed by atoms with Gasteiger partial charge in [-0.1, -0.05) is 26.6 Å². The Kier molecular flexibility index (Phi) is 8.62. The number of hydrogen-bond donors (Lipinski definition) is 1. The molecule has 9 nitrogen and oxygen atoms in total. The molecule has 0 spiro atoms. The Bertz CT molecular complexity index is 1280. The van der Waals surface area contributed by atoms with Gasteiger partial charge in [0.25, 0.3) is 0 Å². The number of nitrogens with zero attached hydrogens (tertiary/aromatic N) is 4. The molecule has 206 valence electrons. The van der Waals surface area contributed by atoms with E-state index >= 15 is 0 Å². The zero-order valence-electron chi connectivity index (χ0n) is 23.4. The fraction of sp³-hybridized carbons (Fsp3) is 0.536. The third-order valence-electron chi connectivity index (χ3n) is 7.34. The Morgan fingerprint density at radius 3 is 2.39 bits per heavy atom. The number of hydrogen-bond acceptors (Lipinski definition) is 6. The molecule has 1 aliphatic rings. The summed E-state index contributed by atoms with van der Waals surface area (Å²) in [5.41, 5.74) is 4.95. The van der Waals surface area contributed by atoms with E-state index in [0.29, 0.717) is 37.9 Å². The van der Waals surface area contributed by atoms with E-state index in [1.165, 1.54) is 10.5 Å². The van der Waals surface area contributed by atoms with Crippen LogP contribution in [0.4, 0.5) is 4.79 Å². The van der Waals surface area contributed by atoms with Gasteiger partial charge in [0.15, 0.2) is 17.1 Å². The van der Waals surface area contributed by atoms with Crippen molar-refractivity contribution in [3.05, 3.63) is 35.5 Å². The Labute approximate surface area is 225 Å². The summed E-state index contributed by atoms with van der Waals surface area (Å²) >= 11 is 0. The second kappa shape index (κ2) is 11.7. The number of fused-ring (bicyclic) bond motifs is 1. The maximum atomic E-state index is 11.3. The van der Waals surface area contributed by atoms with Gasteiger partial charge in [0, 0.05) is 44.6 Å². The number of aromatic nitrogens is 3. The van der Waals surface area contributed by atoms with Crippen LogP contribution < -0.4 is 9.47 Å². The van der Waals surface area contributed by atoms with E-state index in [0.717, 1.165) is 53.3 Å². The van der Waals surface area contributed by atoms with Gasteiger partial charge in [0.1, 0.15) is 6.73 Å². The normalized spacial score (nSPS) is 14.7. The van der Waals surface area contributed by atoms with E-state index in [1.54, 1.807) is 14.2 Å². The van der Waals surface area contributed by atoms with Crippen LogP contribution in [0, 0.1) is 0 Å². The first kappa shape index (κ1) is 27.9. The molecule has 0 bridgehead atoms. The molecular weight excluding hydrogens is 500 g/mol. The highest BCUT2D eigenvalue weighted by Gasteiger charge is 2.27. The van der Waals surface area contributed by atoms with Crippen LogP contribution in [0.25, 0.3) is 22.3 Å². The van der Waals surface area contributed by atoms with Gasteiger partial charge >= 0.3 is 6.09 Å². The maximum Gasteiger partial charge on any atom is 0.407 e. The summed E-state index contributed by atoms with van der Waals surface area (Å²) in [5, 5.41) is 19.8. The first-order valence-electron chi connectivity index (χ1n) is 13.3. The van der Waals surface area contributed by atoms with Crippen molar-refractivity contribution < 1.29 is 24.1 Å². The summed E-state index contributed by atoms with van der Waals surface area (Å²) < 4.78 is 19.4. The van der Waals surface area contributed by atoms with Crippen LogP contribution in [0.15, 0.2) is 24.3 Å². The van der Waals surface area contributed by atoms with Gasteiger partial charge in [-0.05, 0) is 55.1 Å². The lowest BCUT2D eigenvalue weighted by molar-refractivity contribution is 0.0907. The molecule has 2 aromatic heterocycles. The molecule has 0 aliphatic carbocycles. The van der Waals surface area contributed by atoms with Gasteiger partial charge in [0.05, 0.1) is 25.6 Å². The van der Waals surface area contributed by atoms with Crippen molar-refractivity contribution in [2.24, 2.45) is 0 Å². The summed E-state index contributed by atoms with van der Waals surface area (Å²) in [4.78, 5) is 12.8. The minimum absolute atomic E-state index is 0.188. The highest BCUT2D eigenvalue weighted by atomic mass is 28.3. The quantitative estimate of drug-likeness (QED) is 0.254. The predicted molar refractivity (Wildman–Crippen MR) is 151 cm³/mol. The molecule has 1 N–H and O–H groups in total. The highest BCUT2D eigenvalue weighted by Crippen LogP contribution is 2.39. The number of amides is 1. The van der Waals surface area contributed by atoms with Crippen molar-refractivity contribution in [3.8, 4) is 22.8 Å². The first-order valence-corrected chi connectivity index (χ1v) is 17.0. The smallest absolute Gasteiger partial charge is 0.407 e. The summed E-state index contributed by atoms with van der Waals surface area (Å²) in [7, 11) is 2.06. The lowest BCUT2D eigenvalue weighted by Gasteiger charge is -2.29. The number of piperidine rings is 1. The average molecular weight is 541 g/mol. The van der Waals surface area contributed by atoms with Crippen LogP contribution in [0.1, 0.15) is 36.9 Å². The summed E-state index contributed by atoms with van der Waals surface area (Å²) in [6.45, 7) is 11.3. The fourth-order valence-corrected chi connectivity index (χ4v) is 5.87. The van der Waals surface area contributed by atoms with E-state index in [1.807, 2.05) is 18.2 Å². The Balaban J connectivity index is 1.76. The average Bonchev–Trinajstić information content (AvgIpc) is 3.22. The molecule has 0 saturated carbocycles. The third-order valence-corrected chi connectivity index (χ3v) is 9.05. The zero-order chi connectivity index (χ0) is 27.4. The second-order valence-corrected chi connectivity index (χ2v) is 16.7. The highest BCUT2D eigenvalue weighted by molar-refractivity contribution is 6.76. The van der Waals surface area contributed by atoms with Crippen LogP contribution in [-0.2, 0) is 17.9 Å². The fourth-order valence-electron chi connectivity index (χ4n) is 5.12. The summed E-state index contributed by atoms with van der Waals surface area (Å²) in [6.07, 6.45) is 1.45. The number of ether oxygens (including phenoxy) is 3. The van der Waals surface area contributed by atoms with Crippen molar-refractivity contribution in [2.45, 2.75) is 64.5 Å². The van der Waals surface area contributed by atoms with Gasteiger partial charge in [-0.15, -0.1) is 5.10 Å². The second-order valence-electron chi connectivity index (χ2n) is 11.1. The van der Waals surface area contributed by atoms with Gasteiger partial charge in [-0.25, -0.2) is 4.79 Å². The molecule has 3 heterocycles. The van der Waals surface area contributed by atoms with E-state index in [9.17, 15) is 9.90 Å². The largest absolute Gasteiger partial charge is 0.493 e. The van der Waals surface area contributed by atoms with E-state index < -0.39 is 14.2 Å². The first-order chi connectivity index (χ1) is 18.2. The molecule has 3 aromatic rings. The molecule has 1 amide bonds. The Morgan fingerprint density at radius 1 is 1.08 bits per heavy atom. The van der Waals surface area contributed by atoms with Crippen molar-refractivity contribution >= 4 is 25.2 Å². The van der Waals surface area contributed by atoms with E-state index in [2.05, 4.69) is 42.3 Å². The van der Waals surface area contributed by atoms with Crippen molar-refractivity contribution in [1.29, 1.82) is 0 Å². The van der Waals surface area contributed by atoms with Crippen LogP contribution >= 0.6 is 0 Å². The number of methoxy groups -OCH3 is 2. The molecule has 0 radical (unpaired) electrons. The maximum absolute atomic E-state index is 11.3. The molecule has 0 atom stereocenters. The van der Waals surface area contributed by atoms with Gasteiger partial charge in [-0.3, -0.25) is 4.57 Å². The zero-order valence-corrected chi connectivity index (χ0v) is 24.4. The number of aryl methyl sites for hydroxylation is 1. The van der Waals surface area contributed by atoms with Crippen LogP contribution in [0.5, 0.6) is 11.5 Å². The van der Waals surface area contributed by atoms with Crippen molar-refractivity contribution in [1.82, 2.24) is 19.7 Å². The van der Waals surface area contributed by atoms with Gasteiger partial charge < -0.3 is 24.2 Å². The van der Waals surface area contributed by atoms with E-state index in [4.69, 9.17) is 19.3 Å². The molecule has 1 fully saturated rings. The Hall–Kier alpha value is -3.11. The number of likely N-dealkylation sites (tertiary alicyclic amines) is 1. The molecular formula is C28H40N4O5Si. The SMILES string of the molecule is CCc1c(-c2ccc(OC)c(OC)c2)n(COCC[Si](C)(C)C)c2nnc(C3CCN(C(=O)O)CC3)cc12. The minimum Gasteiger partial charge on any atom is -0.493 e. The van der Waals surface area contributed by atoms with Crippen LogP contribution in [0.3, 0.4) is 0 Å². The lowest BCUT2D eigenvalue weighted by atomic mass is 9.92. The number of carboxylic acid groups (broad SMARTS) is 1. The number of rotatable bonds is 10. The minimum atomic E-state index is -1.22. The van der Waals surface area contributed by atoms with Crippen molar-refractivity contribution in [2.75, 3.05) is 33.9 Å². The standard InChI is InChI=1S/C28H40N4O5Si/c1-7-21-22-17-23(19-10-12-31(13-11-19)28(33)34)29-30-27(22)32(18-37-14-15-38(4,5)6)26(21)20-8-9-24(35-2)25(16-20)36-3/h8-9,16-17,19H,7,10-15,18H2,1-6H3,(H,33,34). The van der Waals surface area contributed by atoms with E-state index in [-0.39, 0.29) is 5.92 Å². The Morgan fingerprint density at radius 2 is 1.79 bits per heavy atom. The molecule has 1 aliphatic heterocycles. The molecule has 4 rings (SSSR count). The number of carbonyl (C=O) groups is 1. The summed E-state index contributed by atoms with van der Waals surface area (Å²) in [5.74, 6) is 1.53. The monoisotopic (exact) mass is 540 g/mol. The topological polar surface area (TPSA) is 98.9 Å². The third kappa shape index (κ3) is 5.96. The molecule has 38 heavy (non-hydrogen) atoms.